The van der Waals surface area contributed by atoms with Gasteiger partial charge in [0.1, 0.15) is 5.75 Å². The fourth-order valence-corrected chi connectivity index (χ4v) is 2.66. The molecule has 0 saturated carbocycles. The van der Waals surface area contributed by atoms with Crippen molar-refractivity contribution in [3.8, 4) is 5.75 Å². The Balaban J connectivity index is 1.86. The van der Waals surface area contributed by atoms with Crippen molar-refractivity contribution in [3.05, 3.63) is 62.0 Å². The summed E-state index contributed by atoms with van der Waals surface area (Å²) in [5.41, 5.74) is 3.97. The molecule has 2 aromatic carbocycles. The van der Waals surface area contributed by atoms with Crippen molar-refractivity contribution in [2.45, 2.75) is 6.92 Å². The Morgan fingerprint density at radius 3 is 2.78 bits per heavy atom. The predicted octanol–water partition coefficient (Wildman–Crippen LogP) is 4.59. The normalized spacial score (nSPS) is 10.8. The summed E-state index contributed by atoms with van der Waals surface area (Å²) in [5.74, 6) is 0.279. The molecule has 0 saturated heterocycles. The molecule has 0 bridgehead atoms. The number of hydrazone groups is 1. The highest BCUT2D eigenvalue weighted by atomic mass is 79.9. The van der Waals surface area contributed by atoms with Crippen LogP contribution in [0.3, 0.4) is 0 Å². The number of hydrogen-bond acceptors (Lipinski definition) is 3. The molecule has 1 N–H and O–H groups in total. The number of benzene rings is 2. The molecule has 23 heavy (non-hydrogen) atoms. The van der Waals surface area contributed by atoms with Crippen LogP contribution < -0.4 is 10.2 Å². The minimum Gasteiger partial charge on any atom is -0.483 e. The Kier molecular flexibility index (Phi) is 6.45. The van der Waals surface area contributed by atoms with E-state index in [4.69, 9.17) is 27.9 Å². The zero-order valence-corrected chi connectivity index (χ0v) is 15.2. The number of nitrogens with zero attached hydrogens (tertiary/aromatic N) is 1. The molecule has 1 amide bonds. The number of ether oxygens (including phenoxy) is 1. The van der Waals surface area contributed by atoms with E-state index in [9.17, 15) is 4.79 Å². The summed E-state index contributed by atoms with van der Waals surface area (Å²) in [4.78, 5) is 11.7. The van der Waals surface area contributed by atoms with Crippen LogP contribution in [0.2, 0.25) is 10.0 Å². The number of nitrogens with one attached hydrogen (secondary N) is 1. The van der Waals surface area contributed by atoms with Gasteiger partial charge in [-0.2, -0.15) is 5.10 Å². The van der Waals surface area contributed by atoms with Gasteiger partial charge in [-0.1, -0.05) is 45.2 Å². The quantitative estimate of drug-likeness (QED) is 0.573. The summed E-state index contributed by atoms with van der Waals surface area (Å²) in [7, 11) is 0. The van der Waals surface area contributed by atoms with Gasteiger partial charge in [-0.15, -0.1) is 0 Å². The predicted molar refractivity (Wildman–Crippen MR) is 96.6 cm³/mol. The molecule has 0 aromatic heterocycles. The van der Waals surface area contributed by atoms with Crippen LogP contribution in [0.15, 0.2) is 46.0 Å². The van der Waals surface area contributed by atoms with Gasteiger partial charge in [-0.3, -0.25) is 4.79 Å². The van der Waals surface area contributed by atoms with E-state index in [1.54, 1.807) is 24.3 Å². The van der Waals surface area contributed by atoms with Gasteiger partial charge in [0.15, 0.2) is 6.61 Å². The molecular formula is C16H13BrCl2N2O2. The fraction of sp³-hybridized carbons (Fsp3) is 0.125. The molecule has 0 fully saturated rings. The van der Waals surface area contributed by atoms with E-state index in [1.807, 2.05) is 19.1 Å². The highest BCUT2D eigenvalue weighted by Crippen LogP contribution is 2.22. The van der Waals surface area contributed by atoms with Crippen molar-refractivity contribution in [3.63, 3.8) is 0 Å². The Bertz CT molecular complexity index is 751. The summed E-state index contributed by atoms with van der Waals surface area (Å²) in [5, 5.41) is 4.83. The smallest absolute Gasteiger partial charge is 0.277 e. The third-order valence-electron chi connectivity index (χ3n) is 2.85. The van der Waals surface area contributed by atoms with Gasteiger partial charge in [0, 0.05) is 15.1 Å². The van der Waals surface area contributed by atoms with E-state index in [0.29, 0.717) is 21.4 Å². The molecule has 0 radical (unpaired) electrons. The molecule has 4 nitrogen and oxygen atoms in total. The second kappa shape index (κ2) is 8.34. The third kappa shape index (κ3) is 5.53. The molecule has 0 aliphatic carbocycles. The van der Waals surface area contributed by atoms with Crippen LogP contribution in [0.4, 0.5) is 0 Å². The Labute approximate surface area is 152 Å². The maximum Gasteiger partial charge on any atom is 0.277 e. The average molecular weight is 416 g/mol. The molecule has 7 heteroatoms. The van der Waals surface area contributed by atoms with Crippen LogP contribution >= 0.6 is 39.1 Å². The van der Waals surface area contributed by atoms with E-state index >= 15 is 0 Å². The lowest BCUT2D eigenvalue weighted by molar-refractivity contribution is -0.123. The second-order valence-corrected chi connectivity index (χ2v) is 6.42. The molecule has 2 rings (SSSR count). The average Bonchev–Trinajstić information content (AvgIpc) is 2.48. The van der Waals surface area contributed by atoms with E-state index in [0.717, 1.165) is 10.0 Å². The molecule has 2 aromatic rings. The highest BCUT2D eigenvalue weighted by molar-refractivity contribution is 9.10. The lowest BCUT2D eigenvalue weighted by atomic mass is 10.2. The van der Waals surface area contributed by atoms with Gasteiger partial charge in [0.05, 0.1) is 11.2 Å². The maximum atomic E-state index is 11.7. The second-order valence-electron chi connectivity index (χ2n) is 4.66. The van der Waals surface area contributed by atoms with E-state index in [1.165, 1.54) is 6.21 Å². The van der Waals surface area contributed by atoms with Gasteiger partial charge < -0.3 is 4.74 Å². The number of halogens is 3. The van der Waals surface area contributed by atoms with Crippen molar-refractivity contribution in [1.82, 2.24) is 5.43 Å². The first-order valence-electron chi connectivity index (χ1n) is 6.61. The number of carbonyl (C=O) groups excluding carboxylic acids is 1. The molecule has 0 unspecified atom stereocenters. The zero-order chi connectivity index (χ0) is 16.8. The molecule has 0 aliphatic rings. The molecule has 0 atom stereocenters. The van der Waals surface area contributed by atoms with Crippen LogP contribution in [0.1, 0.15) is 11.1 Å². The summed E-state index contributed by atoms with van der Waals surface area (Å²) in [6.45, 7) is 1.77. The lowest BCUT2D eigenvalue weighted by Crippen LogP contribution is -2.24. The molecule has 0 heterocycles. The summed E-state index contributed by atoms with van der Waals surface area (Å²) >= 11 is 15.2. The minimum absolute atomic E-state index is 0.131. The number of hydrogen-bond donors (Lipinski definition) is 1. The molecule has 0 spiro atoms. The van der Waals surface area contributed by atoms with Crippen molar-refractivity contribution in [2.24, 2.45) is 5.10 Å². The van der Waals surface area contributed by atoms with Crippen LogP contribution in [-0.2, 0) is 4.79 Å². The molecule has 120 valence electrons. The first-order chi connectivity index (χ1) is 11.0. The lowest BCUT2D eigenvalue weighted by Gasteiger charge is -2.08. The largest absolute Gasteiger partial charge is 0.483 e. The van der Waals surface area contributed by atoms with Crippen molar-refractivity contribution >= 4 is 51.3 Å². The van der Waals surface area contributed by atoms with E-state index in [-0.39, 0.29) is 12.5 Å². The molecular weight excluding hydrogens is 403 g/mol. The van der Waals surface area contributed by atoms with Crippen LogP contribution in [-0.4, -0.2) is 18.7 Å². The van der Waals surface area contributed by atoms with Gasteiger partial charge in [-0.05, 0) is 42.8 Å². The van der Waals surface area contributed by atoms with Gasteiger partial charge in [0.25, 0.3) is 5.91 Å². The van der Waals surface area contributed by atoms with E-state index in [2.05, 4.69) is 26.5 Å². The van der Waals surface area contributed by atoms with Crippen molar-refractivity contribution in [2.75, 3.05) is 6.61 Å². The Hall–Kier alpha value is -1.56. The van der Waals surface area contributed by atoms with Crippen LogP contribution in [0.25, 0.3) is 0 Å². The standard InChI is InChI=1S/C16H13BrCl2N2O2/c1-10-6-12(17)3-5-15(10)23-9-16(22)21-20-8-11-2-4-13(18)7-14(11)19/h2-8H,9H2,1H3,(H,21,22). The van der Waals surface area contributed by atoms with Gasteiger partial charge in [-0.25, -0.2) is 5.43 Å². The molecule has 0 aliphatic heterocycles. The van der Waals surface area contributed by atoms with Crippen molar-refractivity contribution < 1.29 is 9.53 Å². The van der Waals surface area contributed by atoms with Crippen molar-refractivity contribution in [1.29, 1.82) is 0 Å². The first-order valence-corrected chi connectivity index (χ1v) is 8.16. The van der Waals surface area contributed by atoms with Crippen LogP contribution in [0, 0.1) is 6.92 Å². The third-order valence-corrected chi connectivity index (χ3v) is 3.91. The SMILES string of the molecule is Cc1cc(Br)ccc1OCC(=O)NN=Cc1ccc(Cl)cc1Cl. The van der Waals surface area contributed by atoms with Crippen LogP contribution in [0.5, 0.6) is 5.75 Å². The zero-order valence-electron chi connectivity index (χ0n) is 12.1. The monoisotopic (exact) mass is 414 g/mol. The topological polar surface area (TPSA) is 50.7 Å². The summed E-state index contributed by atoms with van der Waals surface area (Å²) in [6.07, 6.45) is 1.45. The first kappa shape index (κ1) is 17.8. The number of rotatable bonds is 5. The summed E-state index contributed by atoms with van der Waals surface area (Å²) < 4.78 is 6.40. The summed E-state index contributed by atoms with van der Waals surface area (Å²) in [6, 6.07) is 10.6. The van der Waals surface area contributed by atoms with Gasteiger partial charge in [0.2, 0.25) is 0 Å². The maximum absolute atomic E-state index is 11.7. The fourth-order valence-electron chi connectivity index (χ4n) is 1.73. The Morgan fingerprint density at radius 1 is 1.30 bits per heavy atom. The number of amides is 1. The number of carbonyl (C=O) groups is 1. The van der Waals surface area contributed by atoms with E-state index < -0.39 is 0 Å². The van der Waals surface area contributed by atoms with Gasteiger partial charge >= 0.3 is 0 Å². The number of aryl methyl sites for hydroxylation is 1. The Morgan fingerprint density at radius 2 is 2.09 bits per heavy atom. The highest BCUT2D eigenvalue weighted by Gasteiger charge is 2.04. The minimum atomic E-state index is -0.367.